The van der Waals surface area contributed by atoms with Crippen LogP contribution in [0.4, 0.5) is 0 Å². The molecule has 0 saturated carbocycles. The molecule has 0 amide bonds. The molecule has 0 spiro atoms. The van der Waals surface area contributed by atoms with E-state index < -0.39 is 0 Å². The van der Waals surface area contributed by atoms with E-state index in [0.717, 1.165) is 23.6 Å². The minimum atomic E-state index is 0.256. The van der Waals surface area contributed by atoms with E-state index in [1.54, 1.807) is 0 Å². The molecule has 0 aliphatic heterocycles. The van der Waals surface area contributed by atoms with E-state index in [4.69, 9.17) is 14.4 Å². The maximum Gasteiger partial charge on any atom is 0.246 e. The van der Waals surface area contributed by atoms with Gasteiger partial charge in [-0.2, -0.15) is 5.26 Å². The summed E-state index contributed by atoms with van der Waals surface area (Å²) in [7, 11) is 0. The van der Waals surface area contributed by atoms with Gasteiger partial charge < -0.3 is 9.15 Å². The zero-order chi connectivity index (χ0) is 13.7. The lowest BCUT2D eigenvalue weighted by Crippen LogP contribution is -2.13. The highest BCUT2D eigenvalue weighted by molar-refractivity contribution is 9.09. The molecular weight excluding hydrogens is 306 g/mol. The minimum Gasteiger partial charge on any atom is -0.488 e. The SMILES string of the molecule is CCCC(CBr)COc1c(C#N)oc2ccccc12. The van der Waals surface area contributed by atoms with Crippen molar-refractivity contribution in [3.05, 3.63) is 30.0 Å². The van der Waals surface area contributed by atoms with E-state index >= 15 is 0 Å². The second-order valence-corrected chi connectivity index (χ2v) is 5.14. The zero-order valence-corrected chi connectivity index (χ0v) is 12.4. The first kappa shape index (κ1) is 14.0. The first-order chi connectivity index (χ1) is 9.30. The van der Waals surface area contributed by atoms with Gasteiger partial charge in [-0.3, -0.25) is 0 Å². The molecule has 2 rings (SSSR count). The monoisotopic (exact) mass is 321 g/mol. The molecule has 0 saturated heterocycles. The number of alkyl halides is 1. The van der Waals surface area contributed by atoms with Crippen LogP contribution >= 0.6 is 15.9 Å². The highest BCUT2D eigenvalue weighted by Crippen LogP contribution is 2.33. The predicted octanol–water partition coefficient (Wildman–Crippen LogP) is 4.49. The number of nitriles is 1. The molecule has 19 heavy (non-hydrogen) atoms. The van der Waals surface area contributed by atoms with Crippen molar-refractivity contribution in [1.29, 1.82) is 5.26 Å². The van der Waals surface area contributed by atoms with Crippen molar-refractivity contribution in [1.82, 2.24) is 0 Å². The molecule has 0 fully saturated rings. The third-order valence-corrected chi connectivity index (χ3v) is 3.95. The molecule has 1 unspecified atom stereocenters. The van der Waals surface area contributed by atoms with Crippen molar-refractivity contribution < 1.29 is 9.15 Å². The van der Waals surface area contributed by atoms with Crippen LogP contribution < -0.4 is 4.74 Å². The number of fused-ring (bicyclic) bond motifs is 1. The molecule has 4 heteroatoms. The van der Waals surface area contributed by atoms with E-state index in [2.05, 4.69) is 28.9 Å². The van der Waals surface area contributed by atoms with Gasteiger partial charge in [-0.05, 0) is 18.6 Å². The smallest absolute Gasteiger partial charge is 0.246 e. The van der Waals surface area contributed by atoms with E-state index in [9.17, 15) is 0 Å². The van der Waals surface area contributed by atoms with E-state index in [0.29, 0.717) is 23.9 Å². The molecule has 0 bridgehead atoms. The quantitative estimate of drug-likeness (QED) is 0.736. The van der Waals surface area contributed by atoms with Gasteiger partial charge in [0.1, 0.15) is 11.7 Å². The maximum atomic E-state index is 9.11. The fourth-order valence-electron chi connectivity index (χ4n) is 2.05. The van der Waals surface area contributed by atoms with Crippen molar-refractivity contribution in [2.45, 2.75) is 19.8 Å². The lowest BCUT2D eigenvalue weighted by atomic mass is 10.1. The predicted molar refractivity (Wildman–Crippen MR) is 78.6 cm³/mol. The van der Waals surface area contributed by atoms with Gasteiger partial charge in [0, 0.05) is 11.2 Å². The normalized spacial score (nSPS) is 12.3. The van der Waals surface area contributed by atoms with Crippen LogP contribution in [-0.2, 0) is 0 Å². The summed E-state index contributed by atoms with van der Waals surface area (Å²) in [5.74, 6) is 1.27. The minimum absolute atomic E-state index is 0.256. The van der Waals surface area contributed by atoms with Crippen LogP contribution in [0.25, 0.3) is 11.0 Å². The highest BCUT2D eigenvalue weighted by Gasteiger charge is 2.16. The summed E-state index contributed by atoms with van der Waals surface area (Å²) >= 11 is 3.50. The molecular formula is C15H16BrNO2. The molecule has 0 aliphatic carbocycles. The largest absolute Gasteiger partial charge is 0.488 e. The van der Waals surface area contributed by atoms with E-state index in [-0.39, 0.29) is 5.76 Å². The summed E-state index contributed by atoms with van der Waals surface area (Å²) in [6, 6.07) is 9.61. The number of benzene rings is 1. The molecule has 0 aliphatic rings. The van der Waals surface area contributed by atoms with Crippen LogP contribution in [0.2, 0.25) is 0 Å². The summed E-state index contributed by atoms with van der Waals surface area (Å²) < 4.78 is 11.3. The summed E-state index contributed by atoms with van der Waals surface area (Å²) in [4.78, 5) is 0. The molecule has 0 radical (unpaired) electrons. The Kier molecular flexibility index (Phi) is 4.86. The Labute approximate surface area is 121 Å². The second kappa shape index (κ2) is 6.63. The second-order valence-electron chi connectivity index (χ2n) is 4.49. The van der Waals surface area contributed by atoms with Gasteiger partial charge in [-0.1, -0.05) is 41.4 Å². The highest BCUT2D eigenvalue weighted by atomic mass is 79.9. The van der Waals surface area contributed by atoms with Crippen LogP contribution in [0.1, 0.15) is 25.5 Å². The number of rotatable bonds is 6. The van der Waals surface area contributed by atoms with Gasteiger partial charge in [-0.25, -0.2) is 0 Å². The number of nitrogens with zero attached hydrogens (tertiary/aromatic N) is 1. The van der Waals surface area contributed by atoms with Crippen molar-refractivity contribution in [3.63, 3.8) is 0 Å². The molecule has 1 heterocycles. The number of ether oxygens (including phenoxy) is 1. The number of halogens is 1. The molecule has 1 aromatic carbocycles. The summed E-state index contributed by atoms with van der Waals surface area (Å²) in [6.07, 6.45) is 2.22. The number of hydrogen-bond donors (Lipinski definition) is 0. The maximum absolute atomic E-state index is 9.11. The molecule has 100 valence electrons. The fourth-order valence-corrected chi connectivity index (χ4v) is 2.56. The lowest BCUT2D eigenvalue weighted by Gasteiger charge is -2.13. The van der Waals surface area contributed by atoms with Gasteiger partial charge in [0.25, 0.3) is 0 Å². The van der Waals surface area contributed by atoms with Crippen molar-refractivity contribution in [3.8, 4) is 11.8 Å². The fraction of sp³-hybridized carbons (Fsp3) is 0.400. The van der Waals surface area contributed by atoms with Crippen LogP contribution in [0.3, 0.4) is 0 Å². The summed E-state index contributed by atoms with van der Waals surface area (Å²) in [5, 5.41) is 10.9. The van der Waals surface area contributed by atoms with Crippen LogP contribution in [0.15, 0.2) is 28.7 Å². The van der Waals surface area contributed by atoms with Gasteiger partial charge in [0.2, 0.25) is 5.76 Å². The first-order valence-electron chi connectivity index (χ1n) is 6.40. The summed E-state index contributed by atoms with van der Waals surface area (Å²) in [6.45, 7) is 2.75. The standard InChI is InChI=1S/C15H16BrNO2/c1-2-5-11(8-16)10-18-15-12-6-3-4-7-13(12)19-14(15)9-17/h3-4,6-7,11H,2,5,8,10H2,1H3. The zero-order valence-electron chi connectivity index (χ0n) is 10.9. The Morgan fingerprint density at radius 3 is 2.89 bits per heavy atom. The van der Waals surface area contributed by atoms with Gasteiger partial charge in [0.05, 0.1) is 12.0 Å². The molecule has 1 aromatic heterocycles. The Morgan fingerprint density at radius 1 is 1.42 bits per heavy atom. The number of para-hydroxylation sites is 1. The molecule has 0 N–H and O–H groups in total. The van der Waals surface area contributed by atoms with Crippen LogP contribution in [0.5, 0.6) is 5.75 Å². The Bertz CT molecular complexity index is 585. The Morgan fingerprint density at radius 2 is 2.21 bits per heavy atom. The van der Waals surface area contributed by atoms with Gasteiger partial charge >= 0.3 is 0 Å². The topological polar surface area (TPSA) is 46.2 Å². The van der Waals surface area contributed by atoms with Crippen LogP contribution in [0, 0.1) is 17.2 Å². The third-order valence-electron chi connectivity index (χ3n) is 3.03. The van der Waals surface area contributed by atoms with Crippen molar-refractivity contribution >= 4 is 26.9 Å². The number of furan rings is 1. The molecule has 3 nitrogen and oxygen atoms in total. The van der Waals surface area contributed by atoms with Crippen molar-refractivity contribution in [2.24, 2.45) is 5.92 Å². The Balaban J connectivity index is 2.22. The summed E-state index contributed by atoms with van der Waals surface area (Å²) in [5.41, 5.74) is 0.694. The van der Waals surface area contributed by atoms with Crippen LogP contribution in [-0.4, -0.2) is 11.9 Å². The molecule has 1 atom stereocenters. The van der Waals surface area contributed by atoms with E-state index in [1.807, 2.05) is 24.3 Å². The van der Waals surface area contributed by atoms with Gasteiger partial charge in [0.15, 0.2) is 5.75 Å². The van der Waals surface area contributed by atoms with E-state index in [1.165, 1.54) is 0 Å². The third kappa shape index (κ3) is 3.10. The average Bonchev–Trinajstić information content (AvgIpc) is 2.81. The Hall–Kier alpha value is -1.47. The molecule has 2 aromatic rings. The number of hydrogen-bond acceptors (Lipinski definition) is 3. The van der Waals surface area contributed by atoms with Crippen molar-refractivity contribution in [2.75, 3.05) is 11.9 Å². The average molecular weight is 322 g/mol. The van der Waals surface area contributed by atoms with Gasteiger partial charge in [-0.15, -0.1) is 0 Å². The first-order valence-corrected chi connectivity index (χ1v) is 7.52. The lowest BCUT2D eigenvalue weighted by molar-refractivity contribution is 0.254.